The first kappa shape index (κ1) is 15.1. The summed E-state index contributed by atoms with van der Waals surface area (Å²) in [6.45, 7) is 1.81. The summed E-state index contributed by atoms with van der Waals surface area (Å²) >= 11 is 0. The van der Waals surface area contributed by atoms with Gasteiger partial charge in [-0.1, -0.05) is 0 Å². The molecule has 6 nitrogen and oxygen atoms in total. The summed E-state index contributed by atoms with van der Waals surface area (Å²) in [5.74, 6) is 1.11. The van der Waals surface area contributed by atoms with Crippen molar-refractivity contribution in [2.24, 2.45) is 9.66 Å². The molecule has 2 rings (SSSR count). The van der Waals surface area contributed by atoms with E-state index in [-0.39, 0.29) is 13.2 Å². The van der Waals surface area contributed by atoms with Crippen molar-refractivity contribution in [3.63, 3.8) is 0 Å². The zero-order chi connectivity index (χ0) is 14.5. The number of ether oxygens (including phenoxy) is 1. The fraction of sp³-hybridized carbons (Fsp3) is 0.417. The van der Waals surface area contributed by atoms with Gasteiger partial charge in [0.25, 0.3) is 0 Å². The van der Waals surface area contributed by atoms with Gasteiger partial charge in [-0.25, -0.2) is 0 Å². The van der Waals surface area contributed by atoms with E-state index in [4.69, 9.17) is 14.5 Å². The Bertz CT molecular complexity index is 538. The van der Waals surface area contributed by atoms with E-state index in [1.807, 2.05) is 25.1 Å². The van der Waals surface area contributed by atoms with Crippen molar-refractivity contribution < 1.29 is 19.6 Å². The van der Waals surface area contributed by atoms with Crippen molar-refractivity contribution in [2.75, 3.05) is 13.2 Å². The molecule has 1 aliphatic heterocycles. The van der Waals surface area contributed by atoms with Crippen molar-refractivity contribution in [3.8, 4) is 5.75 Å². The van der Waals surface area contributed by atoms with Crippen LogP contribution in [0.4, 0.5) is 0 Å². The first-order chi connectivity index (χ1) is 9.67. The van der Waals surface area contributed by atoms with E-state index in [1.54, 1.807) is 0 Å². The molecule has 0 aliphatic carbocycles. The molecule has 0 fully saturated rings. The van der Waals surface area contributed by atoms with Crippen LogP contribution in [0.25, 0.3) is 0 Å². The molecule has 1 aliphatic rings. The Morgan fingerprint density at radius 1 is 1.65 bits per heavy atom. The van der Waals surface area contributed by atoms with Gasteiger partial charge in [0.05, 0.1) is 0 Å². The van der Waals surface area contributed by atoms with Gasteiger partial charge < -0.3 is 0 Å². The van der Waals surface area contributed by atoms with Gasteiger partial charge in [-0.3, -0.25) is 0 Å². The van der Waals surface area contributed by atoms with Crippen LogP contribution >= 0.6 is 9.39 Å². The molecule has 0 saturated carbocycles. The average Bonchev–Trinajstić information content (AvgIpc) is 2.95. The Balaban J connectivity index is 2.25. The van der Waals surface area contributed by atoms with E-state index >= 15 is 0 Å². The summed E-state index contributed by atoms with van der Waals surface area (Å²) in [5, 5.41) is 18.5. The Kier molecular flexibility index (Phi) is 5.23. The fourth-order valence-electron chi connectivity index (χ4n) is 1.92. The first-order valence-electron chi connectivity index (χ1n) is 6.15. The van der Waals surface area contributed by atoms with Crippen molar-refractivity contribution in [3.05, 3.63) is 29.3 Å². The zero-order valence-electron chi connectivity index (χ0n) is 11.1. The van der Waals surface area contributed by atoms with E-state index in [2.05, 4.69) is 19.0 Å². The predicted octanol–water partition coefficient (Wildman–Crippen LogP) is 0.465. The number of aliphatic imine (C=N–C) groups is 1. The first-order valence-corrected chi connectivity index (χ1v) is 6.67. The molecular formula is C12H16BN2O4P. The summed E-state index contributed by atoms with van der Waals surface area (Å²) < 4.78 is 14.6. The normalized spacial score (nSPS) is 19.4. The van der Waals surface area contributed by atoms with Crippen LogP contribution in [0.2, 0.25) is 0 Å². The van der Waals surface area contributed by atoms with Crippen LogP contribution in [-0.2, 0) is 4.74 Å². The summed E-state index contributed by atoms with van der Waals surface area (Å²) in [7, 11) is 3.52. The second kappa shape index (κ2) is 6.93. The van der Waals surface area contributed by atoms with Crippen molar-refractivity contribution in [1.29, 1.82) is 0 Å². The molecular weight excluding hydrogens is 278 g/mol. The van der Waals surface area contributed by atoms with E-state index in [0.717, 1.165) is 11.1 Å². The molecule has 0 aromatic heterocycles. The summed E-state index contributed by atoms with van der Waals surface area (Å²) in [4.78, 5) is 4.30. The van der Waals surface area contributed by atoms with Gasteiger partial charge >= 0.3 is 119 Å². The van der Waals surface area contributed by atoms with Crippen molar-refractivity contribution in [2.45, 2.75) is 19.1 Å². The van der Waals surface area contributed by atoms with Crippen LogP contribution in [0, 0.1) is 6.92 Å². The summed E-state index contributed by atoms with van der Waals surface area (Å²) in [6, 6.07) is 5.08. The third kappa shape index (κ3) is 3.23. The molecule has 8 heteroatoms. The maximum absolute atomic E-state index is 9.58. The number of nitrogens with zero attached hydrogens (tertiary/aromatic N) is 2. The molecule has 0 saturated heterocycles. The van der Waals surface area contributed by atoms with Gasteiger partial charge in [0, 0.05) is 0 Å². The van der Waals surface area contributed by atoms with E-state index in [9.17, 15) is 5.11 Å². The second-order valence-corrected chi connectivity index (χ2v) is 4.66. The zero-order valence-corrected chi connectivity index (χ0v) is 12.2. The van der Waals surface area contributed by atoms with Crippen LogP contribution in [0.5, 0.6) is 5.75 Å². The molecule has 0 amide bonds. The number of rotatable bonds is 5. The minimum atomic E-state index is -0.906. The van der Waals surface area contributed by atoms with Gasteiger partial charge in [0.1, 0.15) is 0 Å². The summed E-state index contributed by atoms with van der Waals surface area (Å²) in [6.07, 6.45) is -0.906. The molecule has 1 aromatic rings. The maximum atomic E-state index is 9.58. The summed E-state index contributed by atoms with van der Waals surface area (Å²) in [5.41, 5.74) is 1.67. The number of aliphatic hydroxyl groups excluding tert-OH is 2. The van der Waals surface area contributed by atoms with Crippen molar-refractivity contribution >= 4 is 22.6 Å². The SMILES string of the molecule is Cc1c(OB=NP)cccc1C1=NC([C@@H](O)CO)CO1. The molecule has 106 valence electrons. The van der Waals surface area contributed by atoms with Crippen LogP contribution in [-0.4, -0.2) is 48.7 Å². The Labute approximate surface area is 120 Å². The third-order valence-corrected chi connectivity index (χ3v) is 3.18. The van der Waals surface area contributed by atoms with E-state index < -0.39 is 12.1 Å². The molecule has 2 unspecified atom stereocenters. The standard InChI is InChI=1S/C12H16BN2O4P/c1-7-8(3-2-4-11(7)19-13-15-20)12-14-9(6-18-12)10(17)5-16/h2-4,9-10,16-17H,5-6,20H2,1H3/t9?,10-/m0/s1. The van der Waals surface area contributed by atoms with Crippen LogP contribution in [0.3, 0.4) is 0 Å². The predicted molar refractivity (Wildman–Crippen MR) is 79.1 cm³/mol. The average molecular weight is 294 g/mol. The Morgan fingerprint density at radius 3 is 3.15 bits per heavy atom. The van der Waals surface area contributed by atoms with E-state index in [1.165, 1.54) is 7.27 Å². The Hall–Kier alpha value is -1.30. The molecule has 0 bridgehead atoms. The fourth-order valence-corrected chi connectivity index (χ4v) is 1.98. The molecule has 1 heterocycles. The topological polar surface area (TPSA) is 83.6 Å². The van der Waals surface area contributed by atoms with Gasteiger partial charge in [-0.05, 0) is 0 Å². The van der Waals surface area contributed by atoms with Gasteiger partial charge in [-0.2, -0.15) is 0 Å². The van der Waals surface area contributed by atoms with Crippen LogP contribution in [0.1, 0.15) is 11.1 Å². The minimum absolute atomic E-state index is 0.259. The molecule has 3 atom stereocenters. The van der Waals surface area contributed by atoms with Gasteiger partial charge in [0.15, 0.2) is 0 Å². The number of hydrogen-bond donors (Lipinski definition) is 2. The van der Waals surface area contributed by atoms with Gasteiger partial charge in [-0.15, -0.1) is 0 Å². The third-order valence-electron chi connectivity index (χ3n) is 3.06. The second-order valence-electron chi connectivity index (χ2n) is 4.36. The Morgan fingerprint density at radius 2 is 2.45 bits per heavy atom. The van der Waals surface area contributed by atoms with Crippen molar-refractivity contribution in [1.82, 2.24) is 0 Å². The number of aliphatic hydroxyl groups is 2. The quantitative estimate of drug-likeness (QED) is 0.610. The number of benzene rings is 1. The molecule has 20 heavy (non-hydrogen) atoms. The molecule has 2 N–H and O–H groups in total. The molecule has 0 spiro atoms. The van der Waals surface area contributed by atoms with Crippen LogP contribution < -0.4 is 4.65 Å². The van der Waals surface area contributed by atoms with Crippen LogP contribution in [0.15, 0.2) is 27.9 Å². The van der Waals surface area contributed by atoms with E-state index in [0.29, 0.717) is 11.6 Å². The number of hydrogen-bond acceptors (Lipinski definition) is 6. The molecule has 1 aromatic carbocycles. The monoisotopic (exact) mass is 294 g/mol. The van der Waals surface area contributed by atoms with Gasteiger partial charge in [0.2, 0.25) is 0 Å². The molecule has 0 radical (unpaired) electrons.